The first-order valence-electron chi connectivity index (χ1n) is 13.5. The number of para-hydroxylation sites is 1. The number of nitrogens with one attached hydrogen (secondary N) is 1. The van der Waals surface area contributed by atoms with Gasteiger partial charge in [0.25, 0.3) is 11.8 Å². The number of imide groups is 1. The van der Waals surface area contributed by atoms with E-state index in [0.717, 1.165) is 24.8 Å². The maximum atomic E-state index is 13.6. The molecule has 0 radical (unpaired) electrons. The number of hydrogen-bond donors (Lipinski definition) is 1. The number of benzene rings is 2. The summed E-state index contributed by atoms with van der Waals surface area (Å²) >= 11 is 0. The molecule has 1 fully saturated rings. The number of urea groups is 1. The summed E-state index contributed by atoms with van der Waals surface area (Å²) in [5, 5.41) is 2.14. The quantitative estimate of drug-likeness (QED) is 0.336. The van der Waals surface area contributed by atoms with E-state index in [4.69, 9.17) is 11.9 Å². The average Bonchev–Trinajstić information content (AvgIpc) is 3.47. The van der Waals surface area contributed by atoms with Crippen molar-refractivity contribution in [1.29, 1.82) is 0 Å². The number of carbonyl (C=O) groups is 3. The Hall–Kier alpha value is -4.20. The maximum absolute atomic E-state index is 13.6. The fourth-order valence-corrected chi connectivity index (χ4v) is 4.11. The molecule has 8 nitrogen and oxygen atoms in total. The van der Waals surface area contributed by atoms with Crippen LogP contribution in [0.25, 0.3) is 11.3 Å². The molecule has 1 aliphatic heterocycles. The molecule has 1 N–H and O–H groups in total. The molecule has 37 heavy (non-hydrogen) atoms. The summed E-state index contributed by atoms with van der Waals surface area (Å²) in [5.41, 5.74) is 1.79. The number of carbonyl (C=O) groups excluding carboxylic acids is 3. The molecule has 8 heteroatoms. The Morgan fingerprint density at radius 1 is 1.05 bits per heavy atom. The molecule has 0 saturated heterocycles. The van der Waals surface area contributed by atoms with Crippen molar-refractivity contribution < 1.29 is 26.3 Å². The lowest BCUT2D eigenvalue weighted by molar-refractivity contribution is -0.113. The molecule has 190 valence electrons. The van der Waals surface area contributed by atoms with Crippen molar-refractivity contribution in [3.63, 3.8) is 0 Å². The lowest BCUT2D eigenvalue weighted by atomic mass is 10.1. The van der Waals surface area contributed by atoms with Crippen LogP contribution < -0.4 is 10.1 Å². The van der Waals surface area contributed by atoms with Crippen LogP contribution in [0.1, 0.15) is 57.2 Å². The Labute approximate surface area is 218 Å². The number of aliphatic imine (C=N–C) groups is 1. The van der Waals surface area contributed by atoms with Crippen molar-refractivity contribution >= 4 is 23.6 Å². The van der Waals surface area contributed by atoms with Gasteiger partial charge < -0.3 is 14.1 Å². The number of amides is 4. The molecule has 0 atom stereocenters. The van der Waals surface area contributed by atoms with E-state index in [1.807, 2.05) is 6.07 Å². The van der Waals surface area contributed by atoms with Crippen molar-refractivity contribution in [2.75, 3.05) is 6.61 Å². The number of hydrogen-bond acceptors (Lipinski definition) is 5. The number of unbranched alkanes of at least 4 members (excludes halogenated alkanes) is 2. The third-order valence-electron chi connectivity index (χ3n) is 6.23. The molecular weight excluding hydrogens is 470 g/mol. The normalized spacial score (nSPS) is 16.1. The van der Waals surface area contributed by atoms with Gasteiger partial charge in [0, 0.05) is 29.2 Å². The van der Waals surface area contributed by atoms with E-state index >= 15 is 0 Å². The monoisotopic (exact) mass is 501 g/mol. The number of nitrogens with zero attached hydrogens (tertiary/aromatic N) is 2. The largest absolute Gasteiger partial charge is 0.493 e. The predicted octanol–water partition coefficient (Wildman–Crippen LogP) is 5.38. The van der Waals surface area contributed by atoms with Gasteiger partial charge in [-0.1, -0.05) is 30.3 Å². The molecule has 3 aromatic rings. The van der Waals surface area contributed by atoms with E-state index in [1.54, 1.807) is 60.9 Å². The minimum Gasteiger partial charge on any atom is -0.493 e. The van der Waals surface area contributed by atoms with Crippen LogP contribution in [0.5, 0.6) is 5.75 Å². The summed E-state index contributed by atoms with van der Waals surface area (Å²) in [5.74, 6) is 0.276. The Balaban J connectivity index is 1.24. The standard InChI is InChI=1S/C29H29N3O5/c33-27-24(30-29(35)31-27)8-2-1-5-17-36-26-9-4-3-7-22(26)19-32(23-15-16-23)28(34)21-13-11-20(12-14-21)25-10-6-18-37-25/h3-4,6-7,9-14,18,23H,1-2,5,8,15-17,19H2,(H,31,33,35)/i19D2. The molecule has 1 aliphatic carbocycles. The highest BCUT2D eigenvalue weighted by molar-refractivity contribution is 6.46. The van der Waals surface area contributed by atoms with Gasteiger partial charge in [0.1, 0.15) is 17.2 Å². The molecule has 2 aliphatic rings. The van der Waals surface area contributed by atoms with Crippen molar-refractivity contribution in [3.05, 3.63) is 78.1 Å². The van der Waals surface area contributed by atoms with E-state index in [-0.39, 0.29) is 17.7 Å². The Bertz CT molecular complexity index is 1380. The van der Waals surface area contributed by atoms with Crippen LogP contribution >= 0.6 is 0 Å². The minimum absolute atomic E-state index is 0.187. The summed E-state index contributed by atoms with van der Waals surface area (Å²) in [6.45, 7) is -1.74. The molecule has 2 aromatic carbocycles. The highest BCUT2D eigenvalue weighted by Gasteiger charge is 2.33. The highest BCUT2D eigenvalue weighted by atomic mass is 16.5. The number of rotatable bonds is 12. The smallest absolute Gasteiger partial charge is 0.348 e. The van der Waals surface area contributed by atoms with Gasteiger partial charge in [-0.3, -0.25) is 14.9 Å². The van der Waals surface area contributed by atoms with Crippen LogP contribution in [0, 0.1) is 0 Å². The molecule has 1 saturated carbocycles. The third kappa shape index (κ3) is 6.14. The van der Waals surface area contributed by atoms with E-state index in [0.29, 0.717) is 48.5 Å². The highest BCUT2D eigenvalue weighted by Crippen LogP contribution is 2.32. The lowest BCUT2D eigenvalue weighted by Gasteiger charge is -2.24. The van der Waals surface area contributed by atoms with Crippen LogP contribution in [0.3, 0.4) is 0 Å². The maximum Gasteiger partial charge on any atom is 0.348 e. The van der Waals surface area contributed by atoms with Crippen LogP contribution in [0.15, 0.2) is 76.3 Å². The van der Waals surface area contributed by atoms with Crippen LogP contribution in [-0.2, 0) is 11.3 Å². The fourth-order valence-electron chi connectivity index (χ4n) is 4.11. The summed E-state index contributed by atoms with van der Waals surface area (Å²) in [6.07, 6.45) is 5.59. The molecule has 0 spiro atoms. The van der Waals surface area contributed by atoms with Gasteiger partial charge >= 0.3 is 6.03 Å². The molecule has 4 amide bonds. The Morgan fingerprint density at radius 2 is 1.86 bits per heavy atom. The second-order valence-corrected chi connectivity index (χ2v) is 9.05. The zero-order valence-corrected chi connectivity index (χ0v) is 20.3. The lowest BCUT2D eigenvalue weighted by Crippen LogP contribution is -2.32. The minimum atomic E-state index is -2.09. The molecule has 0 unspecified atom stereocenters. The Morgan fingerprint density at radius 3 is 2.57 bits per heavy atom. The Kier molecular flexibility index (Phi) is 6.69. The van der Waals surface area contributed by atoms with Gasteiger partial charge in [0.15, 0.2) is 0 Å². The van der Waals surface area contributed by atoms with Crippen molar-refractivity contribution in [1.82, 2.24) is 10.2 Å². The van der Waals surface area contributed by atoms with Gasteiger partial charge in [-0.05, 0) is 68.9 Å². The van der Waals surface area contributed by atoms with E-state index in [1.165, 1.54) is 4.90 Å². The number of furan rings is 1. The van der Waals surface area contributed by atoms with Crippen LogP contribution in [0.2, 0.25) is 0 Å². The first-order chi connectivity index (χ1) is 18.8. The molecule has 1 aromatic heterocycles. The topological polar surface area (TPSA) is 101 Å². The van der Waals surface area contributed by atoms with Gasteiger partial charge in [-0.25, -0.2) is 4.79 Å². The summed E-state index contributed by atoms with van der Waals surface area (Å²) in [7, 11) is 0. The summed E-state index contributed by atoms with van der Waals surface area (Å²) in [6, 6.07) is 16.7. The zero-order valence-electron chi connectivity index (χ0n) is 22.3. The first kappa shape index (κ1) is 22.0. The van der Waals surface area contributed by atoms with Crippen LogP contribution in [-0.4, -0.2) is 41.1 Å². The van der Waals surface area contributed by atoms with Crippen LogP contribution in [0.4, 0.5) is 4.79 Å². The second kappa shape index (κ2) is 11.2. The predicted molar refractivity (Wildman–Crippen MR) is 138 cm³/mol. The second-order valence-electron chi connectivity index (χ2n) is 9.05. The molecule has 2 heterocycles. The first-order valence-corrected chi connectivity index (χ1v) is 12.5. The van der Waals surface area contributed by atoms with E-state index in [2.05, 4.69) is 10.3 Å². The average molecular weight is 502 g/mol. The van der Waals surface area contributed by atoms with Gasteiger partial charge in [-0.2, -0.15) is 4.99 Å². The summed E-state index contributed by atoms with van der Waals surface area (Å²) < 4.78 is 29.5. The molecule has 0 bridgehead atoms. The molecule has 5 rings (SSSR count). The van der Waals surface area contributed by atoms with E-state index < -0.39 is 18.4 Å². The summed E-state index contributed by atoms with van der Waals surface area (Å²) in [4.78, 5) is 41.3. The SMILES string of the molecule is [2H]C([2H])(c1ccccc1OCCCCCC1=NC(=O)NC1=O)N(C(=O)c1ccc(-c2ccco2)cc1)C1CC1. The van der Waals surface area contributed by atoms with E-state index in [9.17, 15) is 14.4 Å². The third-order valence-corrected chi connectivity index (χ3v) is 6.23. The van der Waals surface area contributed by atoms with Crippen molar-refractivity contribution in [3.8, 4) is 17.1 Å². The van der Waals surface area contributed by atoms with Crippen molar-refractivity contribution in [2.45, 2.75) is 51.1 Å². The molecular formula is C29H29N3O5. The number of ether oxygens (including phenoxy) is 1. The van der Waals surface area contributed by atoms with Gasteiger partial charge in [-0.15, -0.1) is 0 Å². The zero-order chi connectivity index (χ0) is 27.4. The van der Waals surface area contributed by atoms with Crippen molar-refractivity contribution in [2.24, 2.45) is 4.99 Å². The fraction of sp³-hybridized carbons (Fsp3) is 0.310. The van der Waals surface area contributed by atoms with Gasteiger partial charge in [0.05, 0.1) is 15.6 Å². The van der Waals surface area contributed by atoms with Gasteiger partial charge in [0.2, 0.25) is 0 Å².